The SMILES string of the molecule is CCC(C)Oc1nc(NC)nc(-n2cncn2)n1. The van der Waals surface area contributed by atoms with E-state index in [4.69, 9.17) is 4.74 Å². The summed E-state index contributed by atoms with van der Waals surface area (Å²) in [7, 11) is 1.73. The molecule has 2 aromatic rings. The molecule has 1 N–H and O–H groups in total. The number of anilines is 1. The van der Waals surface area contributed by atoms with Crippen LogP contribution in [-0.2, 0) is 0 Å². The highest BCUT2D eigenvalue weighted by Gasteiger charge is 2.11. The summed E-state index contributed by atoms with van der Waals surface area (Å²) < 4.78 is 7.03. The fraction of sp³-hybridized carbons (Fsp3) is 0.500. The monoisotopic (exact) mass is 249 g/mol. The molecule has 96 valence electrons. The van der Waals surface area contributed by atoms with Gasteiger partial charge in [0.2, 0.25) is 5.95 Å². The van der Waals surface area contributed by atoms with E-state index in [1.807, 2.05) is 13.8 Å². The van der Waals surface area contributed by atoms with E-state index in [1.54, 1.807) is 7.05 Å². The summed E-state index contributed by atoms with van der Waals surface area (Å²) in [6, 6.07) is 0.272. The highest BCUT2D eigenvalue weighted by molar-refractivity contribution is 5.28. The Kier molecular flexibility index (Phi) is 3.66. The third-order valence-corrected chi connectivity index (χ3v) is 2.33. The molecule has 0 radical (unpaired) electrons. The van der Waals surface area contributed by atoms with Crippen molar-refractivity contribution in [2.24, 2.45) is 0 Å². The van der Waals surface area contributed by atoms with Crippen molar-refractivity contribution in [1.29, 1.82) is 0 Å². The number of aromatic nitrogens is 6. The minimum atomic E-state index is 0.0423. The van der Waals surface area contributed by atoms with Crippen LogP contribution in [0.5, 0.6) is 6.01 Å². The van der Waals surface area contributed by atoms with Crippen molar-refractivity contribution in [3.63, 3.8) is 0 Å². The van der Waals surface area contributed by atoms with Gasteiger partial charge in [0, 0.05) is 7.05 Å². The Morgan fingerprint density at radius 1 is 1.39 bits per heavy atom. The number of hydrogen-bond acceptors (Lipinski definition) is 7. The predicted molar refractivity (Wildman–Crippen MR) is 64.7 cm³/mol. The molecule has 0 spiro atoms. The van der Waals surface area contributed by atoms with Crippen LogP contribution >= 0.6 is 0 Å². The molecule has 0 aromatic carbocycles. The normalized spacial score (nSPS) is 12.2. The lowest BCUT2D eigenvalue weighted by atomic mass is 10.3. The molecule has 0 bridgehead atoms. The molecular formula is C10H15N7O. The van der Waals surface area contributed by atoms with Crippen molar-refractivity contribution >= 4 is 5.95 Å². The second-order valence-corrected chi connectivity index (χ2v) is 3.67. The summed E-state index contributed by atoms with van der Waals surface area (Å²) >= 11 is 0. The first-order valence-electron chi connectivity index (χ1n) is 5.68. The lowest BCUT2D eigenvalue weighted by molar-refractivity contribution is 0.198. The van der Waals surface area contributed by atoms with Gasteiger partial charge in [-0.2, -0.15) is 24.7 Å². The van der Waals surface area contributed by atoms with Gasteiger partial charge >= 0.3 is 6.01 Å². The van der Waals surface area contributed by atoms with Gasteiger partial charge in [0.1, 0.15) is 12.7 Å². The summed E-state index contributed by atoms with van der Waals surface area (Å²) in [6.07, 6.45) is 3.85. The average Bonchev–Trinajstić information content (AvgIpc) is 2.92. The number of nitrogens with one attached hydrogen (secondary N) is 1. The first-order valence-corrected chi connectivity index (χ1v) is 5.68. The van der Waals surface area contributed by atoms with Crippen LogP contribution in [0.3, 0.4) is 0 Å². The fourth-order valence-corrected chi connectivity index (χ4v) is 1.19. The largest absolute Gasteiger partial charge is 0.460 e. The lowest BCUT2D eigenvalue weighted by Gasteiger charge is -2.11. The van der Waals surface area contributed by atoms with Gasteiger partial charge in [0.05, 0.1) is 6.10 Å². The molecule has 18 heavy (non-hydrogen) atoms. The molecule has 2 aromatic heterocycles. The van der Waals surface area contributed by atoms with Gasteiger partial charge < -0.3 is 10.1 Å². The van der Waals surface area contributed by atoms with Gasteiger partial charge in [-0.25, -0.2) is 4.98 Å². The summed E-state index contributed by atoms with van der Waals surface area (Å²) in [5.74, 6) is 0.791. The summed E-state index contributed by atoms with van der Waals surface area (Å²) in [4.78, 5) is 16.3. The Morgan fingerprint density at radius 2 is 2.22 bits per heavy atom. The Hall–Kier alpha value is -2.25. The fourth-order valence-electron chi connectivity index (χ4n) is 1.19. The van der Waals surface area contributed by atoms with Crippen molar-refractivity contribution in [2.75, 3.05) is 12.4 Å². The zero-order chi connectivity index (χ0) is 13.0. The van der Waals surface area contributed by atoms with Crippen LogP contribution in [-0.4, -0.2) is 42.9 Å². The van der Waals surface area contributed by atoms with Crippen molar-refractivity contribution in [2.45, 2.75) is 26.4 Å². The van der Waals surface area contributed by atoms with Gasteiger partial charge in [-0.05, 0) is 13.3 Å². The van der Waals surface area contributed by atoms with Crippen molar-refractivity contribution in [1.82, 2.24) is 29.7 Å². The van der Waals surface area contributed by atoms with Crippen molar-refractivity contribution < 1.29 is 4.74 Å². The van der Waals surface area contributed by atoms with Crippen LogP contribution in [0.15, 0.2) is 12.7 Å². The first kappa shape index (κ1) is 12.2. The Balaban J connectivity index is 2.33. The standard InChI is InChI=1S/C10H15N7O/c1-4-7(2)18-10-15-8(11-3)14-9(16-10)17-6-12-5-13-17/h5-7H,4H2,1-3H3,(H,11,14,15,16). The molecule has 2 rings (SSSR count). The Bertz CT molecular complexity index is 499. The van der Waals surface area contributed by atoms with E-state index in [9.17, 15) is 0 Å². The molecule has 0 amide bonds. The second-order valence-electron chi connectivity index (χ2n) is 3.67. The van der Waals surface area contributed by atoms with Crippen LogP contribution in [0, 0.1) is 0 Å². The van der Waals surface area contributed by atoms with E-state index in [0.29, 0.717) is 11.9 Å². The molecule has 1 unspecified atom stereocenters. The molecular weight excluding hydrogens is 234 g/mol. The summed E-state index contributed by atoms with van der Waals surface area (Å²) in [5, 5.41) is 6.83. The molecule has 0 saturated carbocycles. The van der Waals surface area contributed by atoms with E-state index in [0.717, 1.165) is 6.42 Å². The van der Waals surface area contributed by atoms with E-state index in [-0.39, 0.29) is 12.1 Å². The minimum Gasteiger partial charge on any atom is -0.460 e. The van der Waals surface area contributed by atoms with Gasteiger partial charge in [0.25, 0.3) is 5.95 Å². The van der Waals surface area contributed by atoms with Gasteiger partial charge in [-0.15, -0.1) is 0 Å². The number of hydrogen-bond donors (Lipinski definition) is 1. The van der Waals surface area contributed by atoms with Crippen molar-refractivity contribution in [3.05, 3.63) is 12.7 Å². The molecule has 0 aliphatic rings. The van der Waals surface area contributed by atoms with Gasteiger partial charge in [-0.3, -0.25) is 0 Å². The highest BCUT2D eigenvalue weighted by Crippen LogP contribution is 2.12. The van der Waals surface area contributed by atoms with Crippen molar-refractivity contribution in [3.8, 4) is 12.0 Å². The summed E-state index contributed by atoms with van der Waals surface area (Å²) in [6.45, 7) is 3.99. The lowest BCUT2D eigenvalue weighted by Crippen LogP contribution is -2.15. The number of ether oxygens (including phenoxy) is 1. The maximum absolute atomic E-state index is 5.58. The maximum atomic E-state index is 5.58. The minimum absolute atomic E-state index is 0.0423. The van der Waals surface area contributed by atoms with Crippen LogP contribution < -0.4 is 10.1 Å². The van der Waals surface area contributed by atoms with Crippen LogP contribution in [0.1, 0.15) is 20.3 Å². The van der Waals surface area contributed by atoms with Crippen LogP contribution in [0.25, 0.3) is 5.95 Å². The molecule has 0 aliphatic carbocycles. The van der Waals surface area contributed by atoms with Crippen LogP contribution in [0.4, 0.5) is 5.95 Å². The average molecular weight is 249 g/mol. The predicted octanol–water partition coefficient (Wildman–Crippen LogP) is 0.671. The smallest absolute Gasteiger partial charge is 0.323 e. The molecule has 1 atom stereocenters. The van der Waals surface area contributed by atoms with E-state index < -0.39 is 0 Å². The summed E-state index contributed by atoms with van der Waals surface area (Å²) in [5.41, 5.74) is 0. The first-order chi connectivity index (χ1) is 8.72. The number of rotatable bonds is 5. The molecule has 0 saturated heterocycles. The molecule has 8 heteroatoms. The topological polar surface area (TPSA) is 90.6 Å². The third kappa shape index (κ3) is 2.70. The third-order valence-electron chi connectivity index (χ3n) is 2.33. The van der Waals surface area contributed by atoms with Gasteiger partial charge in [-0.1, -0.05) is 6.92 Å². The zero-order valence-corrected chi connectivity index (χ0v) is 10.5. The Labute approximate surface area is 104 Å². The number of nitrogens with zero attached hydrogens (tertiary/aromatic N) is 6. The maximum Gasteiger partial charge on any atom is 0.323 e. The van der Waals surface area contributed by atoms with Gasteiger partial charge in [0.15, 0.2) is 0 Å². The van der Waals surface area contributed by atoms with Crippen LogP contribution in [0.2, 0.25) is 0 Å². The molecule has 2 heterocycles. The quantitative estimate of drug-likeness (QED) is 0.832. The second kappa shape index (κ2) is 5.39. The van der Waals surface area contributed by atoms with E-state index in [2.05, 4.69) is 30.4 Å². The zero-order valence-electron chi connectivity index (χ0n) is 10.5. The highest BCUT2D eigenvalue weighted by atomic mass is 16.5. The molecule has 0 aliphatic heterocycles. The van der Waals surface area contributed by atoms with E-state index >= 15 is 0 Å². The van der Waals surface area contributed by atoms with E-state index in [1.165, 1.54) is 17.3 Å². The molecule has 8 nitrogen and oxygen atoms in total. The molecule has 0 fully saturated rings. The Morgan fingerprint density at radius 3 is 2.83 bits per heavy atom.